The molecule has 0 unspecified atom stereocenters. The summed E-state index contributed by atoms with van der Waals surface area (Å²) in [5, 5.41) is 0. The molecule has 2 aliphatic rings. The molecule has 2 aromatic heterocycles. The summed E-state index contributed by atoms with van der Waals surface area (Å²) in [6, 6.07) is 6.84. The molecule has 0 bridgehead atoms. The number of esters is 1. The SMILES string of the molecule is Br.Br.Br.CCOC(=O)c1cc2c(s1)C[C@@]1(C2)C(=O)N(COCC[Si](C)(C)C)c2ncccc21. The van der Waals surface area contributed by atoms with Gasteiger partial charge in [0.1, 0.15) is 17.4 Å². The Hall–Kier alpha value is -0.593. The minimum atomic E-state index is -1.19. The molecule has 1 aliphatic heterocycles. The molecule has 6 nitrogen and oxygen atoms in total. The van der Waals surface area contributed by atoms with Gasteiger partial charge in [0.15, 0.2) is 0 Å². The van der Waals surface area contributed by atoms with Gasteiger partial charge in [0.05, 0.1) is 12.0 Å². The highest BCUT2D eigenvalue weighted by Gasteiger charge is 2.55. The molecule has 0 aromatic carbocycles. The lowest BCUT2D eigenvalue weighted by molar-refractivity contribution is -0.124. The first kappa shape index (κ1) is 30.4. The Morgan fingerprint density at radius 2 is 1.97 bits per heavy atom. The molecule has 11 heteroatoms. The molecular formula is C22H31Br3N2O4SSi. The fourth-order valence-electron chi connectivity index (χ4n) is 4.18. The Morgan fingerprint density at radius 1 is 1.24 bits per heavy atom. The van der Waals surface area contributed by atoms with E-state index in [1.807, 2.05) is 18.2 Å². The topological polar surface area (TPSA) is 68.7 Å². The van der Waals surface area contributed by atoms with Gasteiger partial charge in [-0.1, -0.05) is 25.7 Å². The molecule has 0 saturated heterocycles. The second-order valence-corrected chi connectivity index (χ2v) is 15.9. The van der Waals surface area contributed by atoms with Gasteiger partial charge in [-0.15, -0.1) is 62.3 Å². The Morgan fingerprint density at radius 3 is 2.61 bits per heavy atom. The summed E-state index contributed by atoms with van der Waals surface area (Å²) in [5.74, 6) is 0.463. The lowest BCUT2D eigenvalue weighted by Gasteiger charge is -2.24. The summed E-state index contributed by atoms with van der Waals surface area (Å²) in [4.78, 5) is 33.6. The van der Waals surface area contributed by atoms with E-state index in [0.717, 1.165) is 22.0 Å². The number of rotatable bonds is 7. The van der Waals surface area contributed by atoms with Crippen molar-refractivity contribution in [2.75, 3.05) is 24.8 Å². The number of halogens is 3. The van der Waals surface area contributed by atoms with Gasteiger partial charge in [0.2, 0.25) is 5.91 Å². The van der Waals surface area contributed by atoms with Crippen LogP contribution in [0.5, 0.6) is 0 Å². The molecule has 0 radical (unpaired) electrons. The van der Waals surface area contributed by atoms with Gasteiger partial charge in [-0.05, 0) is 37.1 Å². The van der Waals surface area contributed by atoms with Crippen molar-refractivity contribution in [3.05, 3.63) is 45.3 Å². The number of hydrogen-bond acceptors (Lipinski definition) is 6. The minimum Gasteiger partial charge on any atom is -0.462 e. The molecule has 33 heavy (non-hydrogen) atoms. The highest BCUT2D eigenvalue weighted by atomic mass is 79.9. The third-order valence-corrected chi connectivity index (χ3v) is 8.62. The summed E-state index contributed by atoms with van der Waals surface area (Å²) in [6.45, 7) is 9.98. The van der Waals surface area contributed by atoms with Gasteiger partial charge < -0.3 is 9.47 Å². The average molecular weight is 687 g/mol. The molecule has 0 saturated carbocycles. The van der Waals surface area contributed by atoms with Crippen molar-refractivity contribution in [2.24, 2.45) is 0 Å². The lowest BCUT2D eigenvalue weighted by atomic mass is 9.80. The predicted molar refractivity (Wildman–Crippen MR) is 151 cm³/mol. The first-order valence-electron chi connectivity index (χ1n) is 10.4. The van der Waals surface area contributed by atoms with Crippen molar-refractivity contribution in [1.82, 2.24) is 4.98 Å². The van der Waals surface area contributed by atoms with Crippen molar-refractivity contribution in [3.8, 4) is 0 Å². The zero-order valence-corrected chi connectivity index (χ0v) is 26.2. The van der Waals surface area contributed by atoms with E-state index in [4.69, 9.17) is 9.47 Å². The van der Waals surface area contributed by atoms with E-state index in [0.29, 0.717) is 36.8 Å². The maximum absolute atomic E-state index is 13.6. The van der Waals surface area contributed by atoms with Gasteiger partial charge in [0, 0.05) is 37.7 Å². The standard InChI is InChI=1S/C22H28N2O4SSi.3BrH/c1-5-28-20(25)17-11-15-12-22(13-18(15)29-17)16-7-6-8-23-19(16)24(21(22)26)14-27-9-10-30(2,3)4;;;/h6-8,11H,5,9-10,12-14H2,1-4H3;3*1H/t22-;;;/m1.../s1. The molecule has 184 valence electrons. The van der Waals surface area contributed by atoms with E-state index in [1.54, 1.807) is 18.0 Å². The van der Waals surface area contributed by atoms with Crippen LogP contribution in [0.15, 0.2) is 24.4 Å². The van der Waals surface area contributed by atoms with Crippen LogP contribution in [0.1, 0.15) is 32.6 Å². The van der Waals surface area contributed by atoms with Crippen molar-refractivity contribution in [3.63, 3.8) is 0 Å². The summed E-state index contributed by atoms with van der Waals surface area (Å²) >= 11 is 1.44. The first-order chi connectivity index (χ1) is 14.2. The largest absolute Gasteiger partial charge is 0.462 e. The van der Waals surface area contributed by atoms with E-state index < -0.39 is 13.5 Å². The predicted octanol–water partition coefficient (Wildman–Crippen LogP) is 5.75. The summed E-state index contributed by atoms with van der Waals surface area (Å²) in [7, 11) is -1.19. The Kier molecular flexibility index (Phi) is 11.0. The van der Waals surface area contributed by atoms with Crippen LogP contribution in [-0.2, 0) is 32.5 Å². The summed E-state index contributed by atoms with van der Waals surface area (Å²) in [5.41, 5.74) is 1.39. The van der Waals surface area contributed by atoms with E-state index >= 15 is 0 Å². The molecular weight excluding hydrogens is 656 g/mol. The van der Waals surface area contributed by atoms with E-state index in [2.05, 4.69) is 24.6 Å². The fourth-order valence-corrected chi connectivity index (χ4v) is 6.13. The fraction of sp³-hybridized carbons (Fsp3) is 0.500. The third-order valence-electron chi connectivity index (χ3n) is 5.76. The van der Waals surface area contributed by atoms with Crippen LogP contribution in [0.3, 0.4) is 0 Å². The lowest BCUT2D eigenvalue weighted by Crippen LogP contribution is -2.42. The second-order valence-electron chi connectivity index (χ2n) is 9.17. The molecule has 1 aliphatic carbocycles. The van der Waals surface area contributed by atoms with Gasteiger partial charge >= 0.3 is 5.97 Å². The van der Waals surface area contributed by atoms with Gasteiger partial charge in [-0.2, -0.15) is 0 Å². The number of ether oxygens (including phenoxy) is 2. The second kappa shape index (κ2) is 11.9. The van der Waals surface area contributed by atoms with E-state index in [1.165, 1.54) is 11.3 Å². The number of amides is 1. The maximum atomic E-state index is 13.6. The highest BCUT2D eigenvalue weighted by Crippen LogP contribution is 2.50. The zero-order valence-electron chi connectivity index (χ0n) is 19.2. The minimum absolute atomic E-state index is 0. The van der Waals surface area contributed by atoms with Crippen LogP contribution in [0, 0.1) is 0 Å². The number of fused-ring (bicyclic) bond motifs is 3. The van der Waals surface area contributed by atoms with E-state index in [9.17, 15) is 9.59 Å². The zero-order chi connectivity index (χ0) is 21.5. The number of nitrogens with zero attached hydrogens (tertiary/aromatic N) is 2. The third kappa shape index (κ3) is 5.98. The number of carbonyl (C=O) groups is 2. The molecule has 0 fully saturated rings. The quantitative estimate of drug-likeness (QED) is 0.211. The number of pyridine rings is 1. The Labute approximate surface area is 231 Å². The van der Waals surface area contributed by atoms with E-state index in [-0.39, 0.29) is 69.6 Å². The smallest absolute Gasteiger partial charge is 0.348 e. The number of hydrogen-bond donors (Lipinski definition) is 0. The van der Waals surface area contributed by atoms with Crippen LogP contribution >= 0.6 is 62.3 Å². The van der Waals surface area contributed by atoms with Crippen molar-refractivity contribution >= 4 is 88.0 Å². The molecule has 4 rings (SSSR count). The summed E-state index contributed by atoms with van der Waals surface area (Å²) in [6.07, 6.45) is 2.90. The van der Waals surface area contributed by atoms with Crippen LogP contribution in [0.25, 0.3) is 0 Å². The maximum Gasteiger partial charge on any atom is 0.348 e. The normalized spacial score (nSPS) is 18.2. The number of aromatic nitrogens is 1. The van der Waals surface area contributed by atoms with Crippen molar-refractivity contribution in [1.29, 1.82) is 0 Å². The molecule has 0 N–H and O–H groups in total. The van der Waals surface area contributed by atoms with Crippen LogP contribution in [0.4, 0.5) is 5.82 Å². The first-order valence-corrected chi connectivity index (χ1v) is 14.9. The highest BCUT2D eigenvalue weighted by molar-refractivity contribution is 8.93. The van der Waals surface area contributed by atoms with Crippen molar-refractivity contribution in [2.45, 2.75) is 50.9 Å². The van der Waals surface area contributed by atoms with Gasteiger partial charge in [-0.3, -0.25) is 9.69 Å². The van der Waals surface area contributed by atoms with Crippen LogP contribution < -0.4 is 4.90 Å². The van der Waals surface area contributed by atoms with Gasteiger partial charge in [-0.25, -0.2) is 9.78 Å². The Bertz CT molecular complexity index is 973. The number of carbonyl (C=O) groups excluding carboxylic acids is 2. The molecule has 3 heterocycles. The van der Waals surface area contributed by atoms with Gasteiger partial charge in [0.25, 0.3) is 0 Å². The van der Waals surface area contributed by atoms with Crippen molar-refractivity contribution < 1.29 is 19.1 Å². The average Bonchev–Trinajstić information content (AvgIpc) is 3.30. The molecule has 1 atom stereocenters. The monoisotopic (exact) mass is 684 g/mol. The molecule has 2 aromatic rings. The number of anilines is 1. The number of thiophene rings is 1. The Balaban J connectivity index is 0.00000181. The van der Waals surface area contributed by atoms with Crippen LogP contribution in [-0.4, -0.2) is 44.9 Å². The molecule has 1 spiro atoms. The molecule has 1 amide bonds. The van der Waals surface area contributed by atoms with Crippen LogP contribution in [0.2, 0.25) is 25.7 Å². The summed E-state index contributed by atoms with van der Waals surface area (Å²) < 4.78 is 11.0.